The van der Waals surface area contributed by atoms with Crippen LogP contribution in [0.3, 0.4) is 0 Å². The molecule has 168 valence electrons. The lowest BCUT2D eigenvalue weighted by Crippen LogP contribution is -2.51. The Bertz CT molecular complexity index is 1330. The number of benzene rings is 2. The SMILES string of the molecule is O=C(c1cc2ccccc2[nH]c1=O)N1CCN(S(=O)(=O)c2ccc(C(F)(F)F)cc2)CC1. The van der Waals surface area contributed by atoms with Crippen LogP contribution in [0.25, 0.3) is 10.9 Å². The summed E-state index contributed by atoms with van der Waals surface area (Å²) in [5, 5.41) is 0.693. The Kier molecular flexibility index (Phi) is 5.55. The smallest absolute Gasteiger partial charge is 0.336 e. The van der Waals surface area contributed by atoms with Crippen molar-refractivity contribution in [2.75, 3.05) is 26.2 Å². The van der Waals surface area contributed by atoms with Crippen LogP contribution >= 0.6 is 0 Å². The largest absolute Gasteiger partial charge is 0.416 e. The van der Waals surface area contributed by atoms with Crippen LogP contribution in [-0.4, -0.2) is 54.7 Å². The number of carbonyl (C=O) groups excluding carboxylic acids is 1. The average molecular weight is 465 g/mol. The summed E-state index contributed by atoms with van der Waals surface area (Å²) in [6.07, 6.45) is -4.56. The van der Waals surface area contributed by atoms with E-state index in [-0.39, 0.29) is 36.6 Å². The molecule has 1 saturated heterocycles. The summed E-state index contributed by atoms with van der Waals surface area (Å²) in [6.45, 7) is 0.0110. The number of alkyl halides is 3. The molecule has 1 aromatic heterocycles. The number of amides is 1. The lowest BCUT2D eigenvalue weighted by atomic mass is 10.1. The number of H-pyrrole nitrogens is 1. The van der Waals surface area contributed by atoms with E-state index in [2.05, 4.69) is 4.98 Å². The molecule has 2 heterocycles. The molecular weight excluding hydrogens is 447 g/mol. The van der Waals surface area contributed by atoms with Crippen molar-refractivity contribution < 1.29 is 26.4 Å². The van der Waals surface area contributed by atoms with E-state index in [4.69, 9.17) is 0 Å². The van der Waals surface area contributed by atoms with Gasteiger partial charge in [0.1, 0.15) is 5.56 Å². The first kappa shape index (κ1) is 22.0. The number of fused-ring (bicyclic) bond motifs is 1. The third-order valence-corrected chi connectivity index (χ3v) is 7.24. The van der Waals surface area contributed by atoms with Gasteiger partial charge in [-0.3, -0.25) is 9.59 Å². The number of aromatic nitrogens is 1. The molecule has 11 heteroatoms. The van der Waals surface area contributed by atoms with E-state index in [0.29, 0.717) is 10.9 Å². The Balaban J connectivity index is 1.48. The second kappa shape index (κ2) is 8.06. The third-order valence-electron chi connectivity index (χ3n) is 5.33. The summed E-state index contributed by atoms with van der Waals surface area (Å²) in [6, 6.07) is 11.8. The van der Waals surface area contributed by atoms with E-state index in [1.165, 1.54) is 11.0 Å². The van der Waals surface area contributed by atoms with Crippen molar-refractivity contribution >= 4 is 26.8 Å². The number of hydrogen-bond donors (Lipinski definition) is 1. The average Bonchev–Trinajstić information content (AvgIpc) is 2.78. The highest BCUT2D eigenvalue weighted by molar-refractivity contribution is 7.89. The first-order valence-corrected chi connectivity index (χ1v) is 11.1. The summed E-state index contributed by atoms with van der Waals surface area (Å²) < 4.78 is 64.8. The summed E-state index contributed by atoms with van der Waals surface area (Å²) in [5.74, 6) is -0.511. The molecule has 0 spiro atoms. The molecule has 32 heavy (non-hydrogen) atoms. The van der Waals surface area contributed by atoms with Crippen LogP contribution in [0.4, 0.5) is 13.2 Å². The molecule has 0 unspecified atom stereocenters. The van der Waals surface area contributed by atoms with Crippen molar-refractivity contribution in [3.05, 3.63) is 76.1 Å². The first-order valence-electron chi connectivity index (χ1n) is 9.66. The molecule has 0 saturated carbocycles. The van der Waals surface area contributed by atoms with Gasteiger partial charge >= 0.3 is 6.18 Å². The standard InChI is InChI=1S/C21H18F3N3O4S/c22-21(23,24)15-5-7-16(8-6-15)32(30,31)27-11-9-26(10-12-27)20(29)17-13-14-3-1-2-4-18(14)25-19(17)28/h1-8,13H,9-12H2,(H,25,28). The van der Waals surface area contributed by atoms with Crippen LogP contribution in [0, 0.1) is 0 Å². The minimum atomic E-state index is -4.56. The molecule has 1 aliphatic rings. The van der Waals surface area contributed by atoms with Crippen LogP contribution in [0.1, 0.15) is 15.9 Å². The quantitative estimate of drug-likeness (QED) is 0.644. The fraction of sp³-hybridized carbons (Fsp3) is 0.238. The molecule has 0 aliphatic carbocycles. The molecule has 7 nitrogen and oxygen atoms in total. The van der Waals surface area contributed by atoms with Crippen LogP contribution in [-0.2, 0) is 16.2 Å². The lowest BCUT2D eigenvalue weighted by Gasteiger charge is -2.34. The van der Waals surface area contributed by atoms with E-state index in [9.17, 15) is 31.2 Å². The van der Waals surface area contributed by atoms with Gasteiger partial charge in [0.25, 0.3) is 11.5 Å². The Morgan fingerprint density at radius 2 is 1.56 bits per heavy atom. The maximum atomic E-state index is 12.9. The molecule has 1 fully saturated rings. The normalized spacial score (nSPS) is 15.8. The van der Waals surface area contributed by atoms with Gasteiger partial charge < -0.3 is 9.88 Å². The zero-order valence-electron chi connectivity index (χ0n) is 16.6. The number of pyridine rings is 1. The van der Waals surface area contributed by atoms with E-state index < -0.39 is 33.2 Å². The summed E-state index contributed by atoms with van der Waals surface area (Å²) in [7, 11) is -4.01. The molecule has 1 amide bonds. The fourth-order valence-corrected chi connectivity index (χ4v) is 5.00. The van der Waals surface area contributed by atoms with Crippen molar-refractivity contribution in [3.8, 4) is 0 Å². The van der Waals surface area contributed by atoms with Gasteiger partial charge in [0.2, 0.25) is 10.0 Å². The maximum absolute atomic E-state index is 12.9. The van der Waals surface area contributed by atoms with Gasteiger partial charge in [-0.1, -0.05) is 18.2 Å². The lowest BCUT2D eigenvalue weighted by molar-refractivity contribution is -0.137. The molecule has 3 aromatic rings. The summed E-state index contributed by atoms with van der Waals surface area (Å²) >= 11 is 0. The number of nitrogens with one attached hydrogen (secondary N) is 1. The number of hydrogen-bond acceptors (Lipinski definition) is 4. The van der Waals surface area contributed by atoms with Gasteiger partial charge in [0.05, 0.1) is 10.5 Å². The van der Waals surface area contributed by atoms with Crippen LogP contribution in [0.5, 0.6) is 0 Å². The number of halogens is 3. The maximum Gasteiger partial charge on any atom is 0.416 e. The van der Waals surface area contributed by atoms with Crippen molar-refractivity contribution in [2.24, 2.45) is 0 Å². The van der Waals surface area contributed by atoms with Gasteiger partial charge in [-0.2, -0.15) is 17.5 Å². The van der Waals surface area contributed by atoms with E-state index in [1.807, 2.05) is 0 Å². The zero-order valence-corrected chi connectivity index (χ0v) is 17.4. The second-order valence-electron chi connectivity index (χ2n) is 7.32. The molecule has 0 atom stereocenters. The highest BCUT2D eigenvalue weighted by Gasteiger charge is 2.33. The van der Waals surface area contributed by atoms with Gasteiger partial charge in [-0.25, -0.2) is 8.42 Å². The number of nitrogens with zero attached hydrogens (tertiary/aromatic N) is 2. The molecule has 1 N–H and O–H groups in total. The predicted octanol–water partition coefficient (Wildman–Crippen LogP) is 2.69. The zero-order chi connectivity index (χ0) is 23.1. The number of carbonyl (C=O) groups is 1. The highest BCUT2D eigenvalue weighted by Crippen LogP contribution is 2.30. The Labute approximate surface area is 181 Å². The van der Waals surface area contributed by atoms with Crippen molar-refractivity contribution in [2.45, 2.75) is 11.1 Å². The van der Waals surface area contributed by atoms with E-state index in [1.54, 1.807) is 24.3 Å². The van der Waals surface area contributed by atoms with E-state index >= 15 is 0 Å². The molecule has 4 rings (SSSR count). The number of aromatic amines is 1. The van der Waals surface area contributed by atoms with Gasteiger partial charge in [-0.05, 0) is 41.8 Å². The minimum absolute atomic E-state index is 0.0391. The topological polar surface area (TPSA) is 90.6 Å². The van der Waals surface area contributed by atoms with Gasteiger partial charge in [0, 0.05) is 31.7 Å². The number of sulfonamides is 1. The number of rotatable bonds is 3. The Morgan fingerprint density at radius 1 is 0.938 bits per heavy atom. The molecular formula is C21H18F3N3O4S. The molecule has 1 aliphatic heterocycles. The molecule has 2 aromatic carbocycles. The van der Waals surface area contributed by atoms with Crippen LogP contribution < -0.4 is 5.56 Å². The van der Waals surface area contributed by atoms with E-state index in [0.717, 1.165) is 28.6 Å². The monoisotopic (exact) mass is 465 g/mol. The van der Waals surface area contributed by atoms with Gasteiger partial charge in [0.15, 0.2) is 0 Å². The van der Waals surface area contributed by atoms with Crippen molar-refractivity contribution in [1.29, 1.82) is 0 Å². The highest BCUT2D eigenvalue weighted by atomic mass is 32.2. The van der Waals surface area contributed by atoms with Crippen LogP contribution in [0.2, 0.25) is 0 Å². The second-order valence-corrected chi connectivity index (χ2v) is 9.26. The number of para-hydroxylation sites is 1. The summed E-state index contributed by atoms with van der Waals surface area (Å²) in [4.78, 5) is 29.0. The van der Waals surface area contributed by atoms with Crippen molar-refractivity contribution in [3.63, 3.8) is 0 Å². The Hall–Kier alpha value is -3.18. The van der Waals surface area contributed by atoms with Gasteiger partial charge in [-0.15, -0.1) is 0 Å². The summed E-state index contributed by atoms with van der Waals surface area (Å²) in [5.41, 5.74) is -0.912. The molecule has 0 radical (unpaired) electrons. The number of piperazine rings is 1. The van der Waals surface area contributed by atoms with Crippen LogP contribution in [0.15, 0.2) is 64.3 Å². The third kappa shape index (κ3) is 4.13. The van der Waals surface area contributed by atoms with Crippen molar-refractivity contribution in [1.82, 2.24) is 14.2 Å². The molecule has 0 bridgehead atoms. The predicted molar refractivity (Wildman–Crippen MR) is 111 cm³/mol. The minimum Gasteiger partial charge on any atom is -0.336 e. The first-order chi connectivity index (χ1) is 15.1. The Morgan fingerprint density at radius 3 is 2.19 bits per heavy atom. The fourth-order valence-electron chi connectivity index (χ4n) is 3.57.